The molecule has 0 aromatic heterocycles. The van der Waals surface area contributed by atoms with Gasteiger partial charge in [0.15, 0.2) is 0 Å². The Morgan fingerprint density at radius 2 is 1.74 bits per heavy atom. The number of hydrogen-bond donors (Lipinski definition) is 5. The van der Waals surface area contributed by atoms with Crippen molar-refractivity contribution >= 4 is 41.4 Å². The summed E-state index contributed by atoms with van der Waals surface area (Å²) in [5.41, 5.74) is 0.649. The summed E-state index contributed by atoms with van der Waals surface area (Å²) < 4.78 is 8.67. The number of anilines is 1. The van der Waals surface area contributed by atoms with Crippen LogP contribution in [0.15, 0.2) is 33.3 Å². The first-order valence-corrected chi connectivity index (χ1v) is 13.8. The average Bonchev–Trinajstić information content (AvgIpc) is 2.76. The normalized spacial score (nSPS) is 23.1. The molecule has 0 fully saturated rings. The summed E-state index contributed by atoms with van der Waals surface area (Å²) in [5, 5.41) is 34.1. The Morgan fingerprint density at radius 3 is 2.29 bits per heavy atom. The number of aliphatic hydroxyl groups is 2. The molecule has 1 aliphatic rings. The summed E-state index contributed by atoms with van der Waals surface area (Å²) in [7, 11) is 8.27. The summed E-state index contributed by atoms with van der Waals surface area (Å²) in [6.07, 6.45) is 2.67. The Bertz CT molecular complexity index is 1030. The molecule has 0 bridgehead atoms. The van der Waals surface area contributed by atoms with Gasteiger partial charge >= 0.3 is 207 Å². The molecule has 34 heavy (non-hydrogen) atoms. The molecule has 1 amide bonds. The van der Waals surface area contributed by atoms with Crippen LogP contribution in [0.1, 0.15) is 35.2 Å². The molecule has 1 aromatic carbocycles. The molecule has 188 valence electrons. The molecule has 0 unspecified atom stereocenters. The van der Waals surface area contributed by atoms with Gasteiger partial charge in [-0.05, 0) is 0 Å². The van der Waals surface area contributed by atoms with E-state index in [2.05, 4.69) is 5.32 Å². The number of phenolic OH excluding ortho intramolecular Hbond substituents is 1. The molecular formula is C23H32IN3O7. The third-order valence-electron chi connectivity index (χ3n) is 5.59. The van der Waals surface area contributed by atoms with Crippen LogP contribution in [0.5, 0.6) is 5.75 Å². The van der Waals surface area contributed by atoms with Crippen molar-refractivity contribution in [3.05, 3.63) is 44.4 Å². The van der Waals surface area contributed by atoms with Crippen LogP contribution in [0.4, 0.5) is 5.69 Å². The number of ketones is 1. The van der Waals surface area contributed by atoms with Crippen molar-refractivity contribution in [1.29, 1.82) is 0 Å². The maximum atomic E-state index is 13.1. The molecule has 1 atom stereocenters. The molecule has 10 nitrogen and oxygen atoms in total. The van der Waals surface area contributed by atoms with Crippen LogP contribution in [-0.4, -0.2) is 80.4 Å². The second kappa shape index (κ2) is 11.7. The van der Waals surface area contributed by atoms with Crippen molar-refractivity contribution in [2.45, 2.75) is 31.7 Å². The number of amides is 1. The van der Waals surface area contributed by atoms with Gasteiger partial charge in [-0.15, -0.1) is 0 Å². The van der Waals surface area contributed by atoms with Crippen molar-refractivity contribution < 1.29 is 33.1 Å². The molecule has 5 N–H and O–H groups in total. The Balaban J connectivity index is 2.73. The van der Waals surface area contributed by atoms with Gasteiger partial charge in [-0.1, -0.05) is 0 Å². The molecule has 0 radical (unpaired) electrons. The quantitative estimate of drug-likeness (QED) is 0.203. The molecular weight excluding hydrogens is 557 g/mol. The number of likely N-dealkylation sites (N-methyl/N-ethyl adjacent to an activating group) is 2. The molecule has 0 aliphatic carbocycles. The zero-order valence-electron chi connectivity index (χ0n) is 19.9. The van der Waals surface area contributed by atoms with Crippen LogP contribution in [0.2, 0.25) is 0 Å². The number of fused-ring (bicyclic) bond motifs is 1. The summed E-state index contributed by atoms with van der Waals surface area (Å²) >= 11 is -4.14. The summed E-state index contributed by atoms with van der Waals surface area (Å²) in [6, 6.07) is 2.38. The topological polar surface area (TPSA) is 151 Å². The fourth-order valence-corrected chi connectivity index (χ4v) is 5.97. The van der Waals surface area contributed by atoms with Crippen molar-refractivity contribution in [1.82, 2.24) is 10.2 Å². The van der Waals surface area contributed by atoms with E-state index in [4.69, 9.17) is 0 Å². The van der Waals surface area contributed by atoms with Gasteiger partial charge in [0.1, 0.15) is 0 Å². The van der Waals surface area contributed by atoms with Crippen LogP contribution in [-0.2, 0) is 16.0 Å². The Hall–Kier alpha value is -2.64. The van der Waals surface area contributed by atoms with Crippen LogP contribution in [0.3, 0.4) is 0 Å². The molecule has 0 saturated carbocycles. The number of nitrogens with one attached hydrogen (secondary N) is 1. The van der Waals surface area contributed by atoms with Gasteiger partial charge in [0.2, 0.25) is 0 Å². The number of halogens is 1. The van der Waals surface area contributed by atoms with Gasteiger partial charge in [-0.3, -0.25) is 0 Å². The van der Waals surface area contributed by atoms with E-state index < -0.39 is 56.9 Å². The summed E-state index contributed by atoms with van der Waals surface area (Å²) in [5.74, 6) is -2.43. The van der Waals surface area contributed by atoms with Gasteiger partial charge in [0, 0.05) is 0 Å². The van der Waals surface area contributed by atoms with Crippen molar-refractivity contribution in [2.24, 2.45) is 0 Å². The van der Waals surface area contributed by atoms with E-state index in [1.54, 1.807) is 44.1 Å². The summed E-state index contributed by atoms with van der Waals surface area (Å²) in [4.78, 5) is 42.0. The third kappa shape index (κ3) is 5.88. The van der Waals surface area contributed by atoms with E-state index in [-0.39, 0.29) is 11.3 Å². The zero-order valence-corrected chi connectivity index (χ0v) is 22.1. The number of allylic oxidation sites excluding steroid dienone is 1. The monoisotopic (exact) mass is 589 g/mol. The van der Waals surface area contributed by atoms with Crippen LogP contribution in [0, 0.1) is 0 Å². The number of aliphatic hydroxyl groups excluding tert-OH is 2. The number of nitrogens with zero attached hydrogens (tertiary/aromatic N) is 2. The minimum absolute atomic E-state index is 0.0133. The number of aromatic hydroxyl groups is 1. The average molecular weight is 589 g/mol. The molecule has 1 heterocycles. The number of carbonyl (C=O) groups is 3. The number of hydrogen-bond acceptors (Lipinski definition) is 9. The fraction of sp³-hybridized carbons (Fsp3) is 0.435. The van der Waals surface area contributed by atoms with E-state index in [0.29, 0.717) is 43.0 Å². The van der Waals surface area contributed by atoms with Crippen LogP contribution in [0.25, 0.3) is 0 Å². The van der Waals surface area contributed by atoms with E-state index in [0.717, 1.165) is 0 Å². The number of carbonyl (C=O) groups excluding carboxylic acids is 3. The molecule has 11 heteroatoms. The number of rotatable bonds is 3. The predicted molar refractivity (Wildman–Crippen MR) is 137 cm³/mol. The van der Waals surface area contributed by atoms with Gasteiger partial charge in [-0.2, -0.15) is 0 Å². The third-order valence-corrected chi connectivity index (χ3v) is 8.42. The van der Waals surface area contributed by atoms with Gasteiger partial charge in [0.25, 0.3) is 0 Å². The summed E-state index contributed by atoms with van der Waals surface area (Å²) in [6.45, 7) is 0. The van der Waals surface area contributed by atoms with Crippen molar-refractivity contribution in [3.63, 3.8) is 0 Å². The van der Waals surface area contributed by atoms with Crippen LogP contribution < -0.4 is 10.2 Å². The molecule has 0 spiro atoms. The first-order valence-electron chi connectivity index (χ1n) is 10.6. The SMILES string of the molecule is CNC(=O)/C1=C(\O)[C@@H](N(C)C)CCCCc2c(N(C)C)ccc(O)c2C(=O)/C=C(\O)I(O)C1=O. The van der Waals surface area contributed by atoms with E-state index in [1.165, 1.54) is 13.1 Å². The molecule has 1 aromatic rings. The Kier molecular flexibility index (Phi) is 9.47. The first-order chi connectivity index (χ1) is 15.9. The number of benzene rings is 1. The standard InChI is InChI=1S/C23H32IN3O7/c1-25-23(33)20-21(31)15(27(4)5)9-7-6-8-13-14(26(2)3)10-11-16(28)19(13)17(29)12-18(30)24(34)22(20)32/h10-12,15,28,30-31,34H,6-9H2,1-5H3,(H,25,33)/b18-12-,21-20-/t15-/m0/s1. The van der Waals surface area contributed by atoms with E-state index >= 15 is 0 Å². The maximum absolute atomic E-state index is 13.1. The zero-order chi connectivity index (χ0) is 25.7. The predicted octanol–water partition coefficient (Wildman–Crippen LogP) is 2.20. The second-order valence-electron chi connectivity index (χ2n) is 8.28. The van der Waals surface area contributed by atoms with Crippen molar-refractivity contribution in [3.8, 4) is 5.75 Å². The number of phenols is 1. The molecule has 2 rings (SSSR count). The van der Waals surface area contributed by atoms with E-state index in [1.807, 2.05) is 0 Å². The Morgan fingerprint density at radius 1 is 1.09 bits per heavy atom. The first kappa shape index (κ1) is 27.6. The minimum atomic E-state index is -4.14. The molecule has 0 saturated heterocycles. The second-order valence-corrected chi connectivity index (χ2v) is 11.9. The fourth-order valence-electron chi connectivity index (χ4n) is 3.86. The molecule has 1 aliphatic heterocycles. The van der Waals surface area contributed by atoms with Crippen molar-refractivity contribution in [2.75, 3.05) is 40.1 Å². The van der Waals surface area contributed by atoms with Crippen LogP contribution >= 0.6 is 20.2 Å². The van der Waals surface area contributed by atoms with Gasteiger partial charge in [0.05, 0.1) is 0 Å². The van der Waals surface area contributed by atoms with Gasteiger partial charge < -0.3 is 0 Å². The van der Waals surface area contributed by atoms with E-state index in [9.17, 15) is 33.1 Å². The van der Waals surface area contributed by atoms with Gasteiger partial charge in [-0.25, -0.2) is 0 Å². The Labute approximate surface area is 206 Å².